The third kappa shape index (κ3) is 19.8. The molecule has 32 heteroatoms. The summed E-state index contributed by atoms with van der Waals surface area (Å²) in [5, 5.41) is 135. The molecule has 0 unspecified atom stereocenters. The van der Waals surface area contributed by atoms with Gasteiger partial charge in [-0.15, -0.1) is 0 Å². The number of Topliss-reactive ketones (excluding diaryl/α,β-unsaturated/α-hetero) is 2. The molecule has 688 valence electrons. The molecule has 10 bridgehead atoms. The van der Waals surface area contributed by atoms with Crippen LogP contribution in [0.2, 0.25) is 0 Å². The van der Waals surface area contributed by atoms with Crippen molar-refractivity contribution in [3.63, 3.8) is 0 Å². The van der Waals surface area contributed by atoms with Crippen LogP contribution in [0.3, 0.4) is 0 Å². The highest BCUT2D eigenvalue weighted by molar-refractivity contribution is 6.25. The molecule has 0 aromatic heterocycles. The Morgan fingerprint density at radius 1 is 0.460 bits per heavy atom. The van der Waals surface area contributed by atoms with Crippen LogP contribution in [0.5, 0.6) is 46.0 Å². The second-order valence-corrected chi connectivity index (χ2v) is 35.6. The van der Waals surface area contributed by atoms with Gasteiger partial charge in [-0.1, -0.05) is 118 Å². The van der Waals surface area contributed by atoms with Gasteiger partial charge in [-0.2, -0.15) is 10.2 Å². The van der Waals surface area contributed by atoms with Gasteiger partial charge in [0, 0.05) is 187 Å². The zero-order valence-corrected chi connectivity index (χ0v) is 75.5. The molecule has 2 aliphatic carbocycles. The molecule has 2 saturated heterocycles. The van der Waals surface area contributed by atoms with Crippen molar-refractivity contribution >= 4 is 80.7 Å². The maximum Gasteiger partial charge on any atom is 0.312 e. The smallest absolute Gasteiger partial charge is 0.312 e. The van der Waals surface area contributed by atoms with E-state index in [1.807, 2.05) is 10.0 Å². The van der Waals surface area contributed by atoms with Crippen molar-refractivity contribution < 1.29 is 118 Å². The lowest BCUT2D eigenvalue weighted by Gasteiger charge is -2.38. The van der Waals surface area contributed by atoms with E-state index in [0.717, 1.165) is 26.2 Å². The molecule has 4 aromatic carbocycles. The van der Waals surface area contributed by atoms with Gasteiger partial charge >= 0.3 is 23.5 Å². The predicted octanol–water partition coefficient (Wildman–Crippen LogP) is 11.3. The average molecular weight is 1750 g/mol. The highest BCUT2D eigenvalue weighted by Gasteiger charge is 2.53. The lowest BCUT2D eigenvalue weighted by molar-refractivity contribution is -0.161. The summed E-state index contributed by atoms with van der Waals surface area (Å²) in [7, 11) is 2.89. The van der Waals surface area contributed by atoms with Gasteiger partial charge < -0.3 is 99.6 Å². The van der Waals surface area contributed by atoms with Crippen LogP contribution in [0.15, 0.2) is 82.5 Å². The van der Waals surface area contributed by atoms with Gasteiger partial charge in [0.15, 0.2) is 11.5 Å². The summed E-state index contributed by atoms with van der Waals surface area (Å²) in [4.78, 5) is 86.5. The molecule has 12 N–H and O–H groups in total. The van der Waals surface area contributed by atoms with Gasteiger partial charge in [0.05, 0.1) is 106 Å². The van der Waals surface area contributed by atoms with Crippen molar-refractivity contribution in [2.24, 2.45) is 57.5 Å². The van der Waals surface area contributed by atoms with E-state index in [1.54, 1.807) is 79.7 Å². The number of allylic oxidation sites excluding steroid dienone is 4. The number of hydrogen-bond acceptors (Lipinski definition) is 30. The second kappa shape index (κ2) is 40.3. The number of piperazine rings is 2. The summed E-state index contributed by atoms with van der Waals surface area (Å²) in [6.45, 7) is 30.8. The number of aliphatic hydroxyl groups excluding tert-OH is 4. The van der Waals surface area contributed by atoms with Gasteiger partial charge in [-0.05, 0) is 65.5 Å². The lowest BCUT2D eigenvalue weighted by atomic mass is 9.78. The van der Waals surface area contributed by atoms with E-state index in [2.05, 4.69) is 30.6 Å². The minimum atomic E-state index is -2.04. The molecule has 8 aliphatic heterocycles. The number of nitrogens with zero attached hydrogens (tertiary/aromatic N) is 6. The lowest BCUT2D eigenvalue weighted by Crippen LogP contribution is -2.47. The van der Waals surface area contributed by atoms with E-state index in [9.17, 15) is 79.8 Å². The number of ether oxygens (including phenoxy) is 8. The summed E-state index contributed by atoms with van der Waals surface area (Å²) >= 11 is 0. The van der Waals surface area contributed by atoms with E-state index in [4.69, 9.17) is 37.9 Å². The van der Waals surface area contributed by atoms with Crippen LogP contribution < -0.4 is 20.1 Å². The first-order valence-corrected chi connectivity index (χ1v) is 43.8. The normalized spacial score (nSPS) is 32.4. The first-order valence-electron chi connectivity index (χ1n) is 43.8. The average Bonchev–Trinajstić information content (AvgIpc) is 1.51. The number of hydrogen-bond donors (Lipinski definition) is 12. The number of esters is 2. The minimum absolute atomic E-state index is 0.0631. The van der Waals surface area contributed by atoms with Crippen LogP contribution in [0.25, 0.3) is 21.5 Å². The van der Waals surface area contributed by atoms with Crippen LogP contribution >= 0.6 is 0 Å². The van der Waals surface area contributed by atoms with Gasteiger partial charge in [0.2, 0.25) is 0 Å². The number of aliphatic hydroxyl groups is 4. The number of carbonyl (C=O) groups is 6. The molecule has 10 aliphatic rings. The third-order valence-electron chi connectivity index (χ3n) is 27.0. The Balaban J connectivity index is 0.000000245. The number of fused-ring (bicyclic) bond motifs is 28. The Morgan fingerprint density at radius 2 is 0.794 bits per heavy atom. The Morgan fingerprint density at radius 3 is 1.11 bits per heavy atom. The van der Waals surface area contributed by atoms with E-state index in [-0.39, 0.29) is 88.9 Å². The van der Waals surface area contributed by atoms with Crippen molar-refractivity contribution in [1.82, 2.24) is 19.8 Å². The van der Waals surface area contributed by atoms with Crippen LogP contribution in [0.4, 0.5) is 11.4 Å². The Kier molecular flexibility index (Phi) is 30.8. The van der Waals surface area contributed by atoms with E-state index in [1.165, 1.54) is 170 Å². The third-order valence-corrected chi connectivity index (χ3v) is 27.0. The van der Waals surface area contributed by atoms with Crippen molar-refractivity contribution in [3.8, 4) is 46.0 Å². The van der Waals surface area contributed by atoms with Gasteiger partial charge in [-0.25, -0.2) is 0 Å². The fourth-order valence-corrected chi connectivity index (χ4v) is 18.9. The van der Waals surface area contributed by atoms with Crippen LogP contribution in [-0.4, -0.2) is 258 Å². The molecule has 0 spiro atoms. The SMILES string of the molecule is CO[C@H]1/C=C/O[C@@]2(C)Oc3c(C)c(O)c4c(O)c(c(/C=N/N5CCN(C6CCCC6)CC5)c(O)c4c3C2=O)NC(=O)/C(C)=C\C=C\[C@H](C)[C@H](O)[C@@H](C)[C@@H](O)[C@@H](C)[C@H](OC(C)=O)[C@@H]1C.CO[C@H]1/C=C/O[C@@]2(C)Oc3c(C)c(O)c4c(O)c(c(/C=N/N5CCN(C6CCCC6)CC5)c(O)c4c3C2=O)NC(=O)/C(C)=C\C=C\[C@H](C)[C@H](O)[C@@H](C)[C@@H](O)[C@@H](C)[C@H](OC(C)=O)[C@@H]1C. The van der Waals surface area contributed by atoms with Crippen molar-refractivity contribution in [3.05, 3.63) is 106 Å². The summed E-state index contributed by atoms with van der Waals surface area (Å²) < 4.78 is 47.4. The minimum Gasteiger partial charge on any atom is -0.507 e. The monoisotopic (exact) mass is 1750 g/mol. The number of hydrazone groups is 2. The summed E-state index contributed by atoms with van der Waals surface area (Å²) in [5.41, 5.74) is -0.585. The number of anilines is 2. The maximum absolute atomic E-state index is 14.5. The van der Waals surface area contributed by atoms with Crippen LogP contribution in [0.1, 0.15) is 191 Å². The summed E-state index contributed by atoms with van der Waals surface area (Å²) in [6.07, 6.45) is 19.5. The highest BCUT2D eigenvalue weighted by atomic mass is 16.7. The number of benzene rings is 4. The highest BCUT2D eigenvalue weighted by Crippen LogP contribution is 2.58. The van der Waals surface area contributed by atoms with E-state index < -0.39 is 178 Å². The number of aromatic hydroxyl groups is 6. The molecule has 14 rings (SSSR count). The molecule has 2 amide bonds. The predicted molar refractivity (Wildman–Crippen MR) is 474 cm³/mol. The second-order valence-electron chi connectivity index (χ2n) is 35.6. The fourth-order valence-electron chi connectivity index (χ4n) is 18.9. The van der Waals surface area contributed by atoms with Crippen molar-refractivity contribution in [2.75, 3.05) is 77.2 Å². The molecule has 8 heterocycles. The standard InChI is InChI=1S/2C47H64N4O12/c2*1-24-13-12-14-25(2)46(59)49-37-32(23-48-51-20-18-50(19-21-51)31-15-10-11-16-31)41(56)34-35(42(37)57)40(55)29(6)44-36(34)45(58)47(8,63-44)61-22-17-33(60-9)26(3)43(62-30(7)52)28(5)39(54)27(4)38(24)53/h2*12-14,17,22-24,26-28,31,33,38-39,43,53-57H,10-11,15-16,18-21H2,1-9H3,(H,49,59)/b2*13-12+,22-17+,25-14-,48-23+/t2*24-,26+,27+,28+,33-,38-,39+,43+,47-/m00/s1. The Bertz CT molecular complexity index is 4680. The number of ketones is 2. The van der Waals surface area contributed by atoms with Crippen LogP contribution in [-0.2, 0) is 47.6 Å². The zero-order valence-electron chi connectivity index (χ0n) is 75.5. The van der Waals surface area contributed by atoms with Crippen molar-refractivity contribution in [1.29, 1.82) is 0 Å². The maximum atomic E-state index is 14.5. The zero-order chi connectivity index (χ0) is 92.2. The van der Waals surface area contributed by atoms with Gasteiger partial charge in [0.25, 0.3) is 23.4 Å². The van der Waals surface area contributed by atoms with Crippen LogP contribution in [0, 0.1) is 61.2 Å². The van der Waals surface area contributed by atoms with E-state index >= 15 is 0 Å². The number of carbonyl (C=O) groups excluding carboxylic acids is 6. The number of phenols is 6. The molecule has 4 aromatic rings. The largest absolute Gasteiger partial charge is 0.507 e. The first-order chi connectivity index (χ1) is 59.6. The topological polar surface area (TPSA) is 440 Å². The molecular weight excluding hydrogens is 1630 g/mol. The number of rotatable bonds is 10. The van der Waals surface area contributed by atoms with Gasteiger partial charge in [-0.3, -0.25) is 48.6 Å². The number of phenolic OH excluding ortho intramolecular Hbond substituents is 6. The molecule has 0 radical (unpaired) electrons. The Hall–Kier alpha value is -10.3. The molecule has 4 fully saturated rings. The molecule has 32 nitrogen and oxygen atoms in total. The molecule has 126 heavy (non-hydrogen) atoms. The van der Waals surface area contributed by atoms with E-state index in [0.29, 0.717) is 38.3 Å². The summed E-state index contributed by atoms with van der Waals surface area (Å²) in [6, 6.07) is 1.11. The van der Waals surface area contributed by atoms with Crippen molar-refractivity contribution in [2.45, 2.75) is 235 Å². The molecule has 18 atom stereocenters. The summed E-state index contributed by atoms with van der Waals surface area (Å²) in [5.74, 6) is -16.6. The molecule has 2 saturated carbocycles. The number of methoxy groups -OCH3 is 2. The quantitative estimate of drug-likeness (QED) is 0.0304. The van der Waals surface area contributed by atoms with Gasteiger partial charge in [0.1, 0.15) is 46.7 Å². The first kappa shape index (κ1) is 96.3. The fraction of sp³-hybridized carbons (Fsp3) is 0.574. The number of amides is 2. The Labute approximate surface area is 735 Å². The number of nitrogens with one attached hydrogen (secondary N) is 2. The molecular formula is C94H128N8O24.